The summed E-state index contributed by atoms with van der Waals surface area (Å²) in [5, 5.41) is 0. The summed E-state index contributed by atoms with van der Waals surface area (Å²) in [6.45, 7) is 0.973. The number of nitrogens with zero attached hydrogens (tertiary/aromatic N) is 3. The van der Waals surface area contributed by atoms with E-state index in [9.17, 15) is 17.3 Å². The van der Waals surface area contributed by atoms with Gasteiger partial charge < -0.3 is 22.2 Å². The van der Waals surface area contributed by atoms with Crippen molar-refractivity contribution in [2.75, 3.05) is 14.1 Å². The average Bonchev–Trinajstić information content (AvgIpc) is 2.65. The van der Waals surface area contributed by atoms with E-state index in [2.05, 4.69) is 41.1 Å². The monoisotopic (exact) mass is 485 g/mol. The molecule has 0 unspecified atom stereocenters. The maximum atomic E-state index is 9.75. The molecule has 3 rings (SSSR count). The first-order chi connectivity index (χ1) is 12.8. The Kier molecular flexibility index (Phi) is 18.4. The molecule has 3 nitrogen and oxygen atoms in total. The second-order valence-corrected chi connectivity index (χ2v) is 5.17. The number of hydrogen-bond donors (Lipinski definition) is 0. The molecule has 0 fully saturated rings. The Labute approximate surface area is 177 Å². The largest absolute Gasteiger partial charge is 0.673 e. The molecule has 28 heavy (non-hydrogen) atoms. The van der Waals surface area contributed by atoms with Crippen molar-refractivity contribution in [3.05, 3.63) is 97.1 Å². The van der Waals surface area contributed by atoms with E-state index in [1.807, 2.05) is 54.6 Å². The third-order valence-corrected chi connectivity index (χ3v) is 2.39. The second kappa shape index (κ2) is 18.3. The fourth-order valence-electron chi connectivity index (χ4n) is 1.49. The van der Waals surface area contributed by atoms with Crippen LogP contribution in [0.15, 0.2) is 85.5 Å². The molecule has 0 aliphatic heterocycles. The molecule has 0 aliphatic carbocycles. The Balaban J connectivity index is 0. The Hall–Kier alpha value is -2.07. The average molecular weight is 486 g/mol. The van der Waals surface area contributed by atoms with Gasteiger partial charge in [-0.1, -0.05) is 12.1 Å². The Morgan fingerprint density at radius 1 is 0.786 bits per heavy atom. The van der Waals surface area contributed by atoms with E-state index in [-0.39, 0.29) is 20.4 Å². The van der Waals surface area contributed by atoms with Crippen molar-refractivity contribution in [1.29, 1.82) is 0 Å². The van der Waals surface area contributed by atoms with Gasteiger partial charge in [0.1, 0.15) is 0 Å². The molecule has 0 saturated carbocycles. The number of hydrogen-bond acceptors (Lipinski definition) is 3. The van der Waals surface area contributed by atoms with Gasteiger partial charge in [-0.05, 0) is 38.4 Å². The van der Waals surface area contributed by atoms with Crippen LogP contribution in [0.25, 0.3) is 0 Å². The molecule has 156 valence electrons. The molecule has 0 radical (unpaired) electrons. The number of benzene rings is 1. The molecule has 0 aliphatic rings. The SMILES string of the molecule is CN(C)Cc1[c-]cccc1.F[B-](F)(F)F.[Pd].c1ccncc1.c1ccncc1. The summed E-state index contributed by atoms with van der Waals surface area (Å²) in [5.74, 6) is 0. The smallest absolute Gasteiger partial charge is 0.418 e. The fraction of sp³-hybridized carbons (Fsp3) is 0.158. The Morgan fingerprint density at radius 3 is 1.43 bits per heavy atom. The molecule has 3 aromatic rings. The topological polar surface area (TPSA) is 29.0 Å². The third kappa shape index (κ3) is 26.2. The van der Waals surface area contributed by atoms with E-state index in [1.165, 1.54) is 5.56 Å². The molecule has 0 amide bonds. The minimum absolute atomic E-state index is 0. The molecule has 0 N–H and O–H groups in total. The van der Waals surface area contributed by atoms with Gasteiger partial charge in [0.25, 0.3) is 0 Å². The third-order valence-electron chi connectivity index (χ3n) is 2.39. The second-order valence-electron chi connectivity index (χ2n) is 5.17. The van der Waals surface area contributed by atoms with Gasteiger partial charge in [0.2, 0.25) is 0 Å². The van der Waals surface area contributed by atoms with Gasteiger partial charge in [-0.15, -0.1) is 5.56 Å². The molecule has 0 atom stereocenters. The van der Waals surface area contributed by atoms with Crippen molar-refractivity contribution in [2.45, 2.75) is 6.54 Å². The van der Waals surface area contributed by atoms with Gasteiger partial charge in [0, 0.05) is 51.8 Å². The van der Waals surface area contributed by atoms with Crippen LogP contribution in [0.4, 0.5) is 17.3 Å². The van der Waals surface area contributed by atoms with E-state index < -0.39 is 7.25 Å². The van der Waals surface area contributed by atoms with Crippen LogP contribution < -0.4 is 0 Å². The zero-order valence-electron chi connectivity index (χ0n) is 15.5. The van der Waals surface area contributed by atoms with E-state index in [4.69, 9.17) is 0 Å². The molecule has 0 saturated heterocycles. The summed E-state index contributed by atoms with van der Waals surface area (Å²) in [4.78, 5) is 9.70. The number of halogens is 4. The van der Waals surface area contributed by atoms with Crippen molar-refractivity contribution < 1.29 is 37.7 Å². The van der Waals surface area contributed by atoms with Crippen LogP contribution in [0, 0.1) is 6.07 Å². The van der Waals surface area contributed by atoms with Gasteiger partial charge in [-0.2, -0.15) is 30.3 Å². The first-order valence-corrected chi connectivity index (χ1v) is 7.96. The molecule has 0 bridgehead atoms. The molecular formula is C19H22BF4N3Pd-2. The predicted octanol–water partition coefficient (Wildman–Crippen LogP) is 5.01. The van der Waals surface area contributed by atoms with Gasteiger partial charge in [0.15, 0.2) is 0 Å². The summed E-state index contributed by atoms with van der Waals surface area (Å²) < 4.78 is 39.0. The van der Waals surface area contributed by atoms with Crippen LogP contribution in [0.1, 0.15) is 5.56 Å². The molecule has 0 spiro atoms. The zero-order chi connectivity index (χ0) is 20.4. The summed E-state index contributed by atoms with van der Waals surface area (Å²) in [6.07, 6.45) is 7.00. The Morgan fingerprint density at radius 2 is 1.21 bits per heavy atom. The van der Waals surface area contributed by atoms with E-state index >= 15 is 0 Å². The molecular weight excluding hydrogens is 463 g/mol. The number of rotatable bonds is 2. The van der Waals surface area contributed by atoms with E-state index in [0.717, 1.165) is 6.54 Å². The van der Waals surface area contributed by atoms with Crippen LogP contribution in [0.2, 0.25) is 0 Å². The Bertz CT molecular complexity index is 569. The predicted molar refractivity (Wildman–Crippen MR) is 101 cm³/mol. The first kappa shape index (κ1) is 28.1. The number of pyridine rings is 2. The van der Waals surface area contributed by atoms with Crippen molar-refractivity contribution in [1.82, 2.24) is 14.9 Å². The maximum absolute atomic E-state index is 9.75. The van der Waals surface area contributed by atoms with Crippen molar-refractivity contribution >= 4 is 7.25 Å². The van der Waals surface area contributed by atoms with Crippen molar-refractivity contribution in [3.63, 3.8) is 0 Å². The van der Waals surface area contributed by atoms with Crippen molar-refractivity contribution in [3.8, 4) is 0 Å². The van der Waals surface area contributed by atoms with E-state index in [1.54, 1.807) is 24.8 Å². The van der Waals surface area contributed by atoms with Gasteiger partial charge in [-0.3, -0.25) is 9.97 Å². The van der Waals surface area contributed by atoms with E-state index in [0.29, 0.717) is 0 Å². The molecule has 2 heterocycles. The van der Waals surface area contributed by atoms with Gasteiger partial charge in [-0.25, -0.2) is 0 Å². The summed E-state index contributed by atoms with van der Waals surface area (Å²) >= 11 is 0. The standard InChI is InChI=1S/C9H12N.2C5H5N.BF4.Pd/c1-10(2)8-9-6-4-3-5-7-9;2*1-2-4-6-5-3-1;2-1(3,4)5;/h3-6H,8H2,1-2H3;2*1-5H;;/q-1;;;-1;. The van der Waals surface area contributed by atoms with Crippen molar-refractivity contribution in [2.24, 2.45) is 0 Å². The molecule has 2 aromatic heterocycles. The fourth-order valence-corrected chi connectivity index (χ4v) is 1.49. The van der Waals surface area contributed by atoms with Crippen LogP contribution in [-0.4, -0.2) is 36.2 Å². The summed E-state index contributed by atoms with van der Waals surface area (Å²) in [7, 11) is -1.89. The summed E-state index contributed by atoms with van der Waals surface area (Å²) in [5.41, 5.74) is 1.24. The van der Waals surface area contributed by atoms with Crippen LogP contribution in [0.3, 0.4) is 0 Å². The van der Waals surface area contributed by atoms with Crippen LogP contribution in [-0.2, 0) is 27.0 Å². The summed E-state index contributed by atoms with van der Waals surface area (Å²) in [6, 6.07) is 22.6. The quantitative estimate of drug-likeness (QED) is 0.290. The van der Waals surface area contributed by atoms with Gasteiger partial charge in [0.05, 0.1) is 0 Å². The minimum atomic E-state index is -6.00. The maximum Gasteiger partial charge on any atom is 0.673 e. The first-order valence-electron chi connectivity index (χ1n) is 7.96. The molecule has 9 heteroatoms. The zero-order valence-corrected chi connectivity index (χ0v) is 17.1. The normalized spacial score (nSPS) is 9.25. The molecule has 1 aromatic carbocycles. The minimum Gasteiger partial charge on any atom is -0.418 e. The van der Waals surface area contributed by atoms with Crippen LogP contribution >= 0.6 is 0 Å². The van der Waals surface area contributed by atoms with Gasteiger partial charge >= 0.3 is 7.25 Å². The number of aromatic nitrogens is 2. The van der Waals surface area contributed by atoms with Crippen LogP contribution in [0.5, 0.6) is 0 Å².